The van der Waals surface area contributed by atoms with Gasteiger partial charge in [-0.3, -0.25) is 4.79 Å². The van der Waals surface area contributed by atoms with Crippen LogP contribution in [0, 0.1) is 0 Å². The quantitative estimate of drug-likeness (QED) is 0.524. The molecule has 21 heavy (non-hydrogen) atoms. The van der Waals surface area contributed by atoms with Crippen LogP contribution >= 0.6 is 0 Å². The topological polar surface area (TPSA) is 104 Å². The molecular formula is C14H17N5O2. The van der Waals surface area contributed by atoms with Crippen molar-refractivity contribution in [1.82, 2.24) is 14.9 Å². The highest BCUT2D eigenvalue weighted by molar-refractivity contribution is 5.92. The third-order valence-electron chi connectivity index (χ3n) is 2.89. The van der Waals surface area contributed by atoms with Gasteiger partial charge in [0.25, 0.3) is 5.91 Å². The van der Waals surface area contributed by atoms with Gasteiger partial charge in [-0.2, -0.15) is 0 Å². The summed E-state index contributed by atoms with van der Waals surface area (Å²) in [5.74, 6) is 5.29. The number of amides is 1. The summed E-state index contributed by atoms with van der Waals surface area (Å²) in [6.07, 6.45) is 2.74. The predicted octanol–water partition coefficient (Wildman–Crippen LogP) is 0.397. The number of aromatic nitrogens is 2. The average Bonchev–Trinajstić information content (AvgIpc) is 2.55. The van der Waals surface area contributed by atoms with Gasteiger partial charge in [0.2, 0.25) is 0 Å². The number of carbonyl (C=O) groups excluding carboxylic acids is 1. The number of nitrogens with two attached hydrogens (primary N) is 1. The normalized spacial score (nSPS) is 10.2. The van der Waals surface area contributed by atoms with Gasteiger partial charge in [0, 0.05) is 13.1 Å². The van der Waals surface area contributed by atoms with Crippen LogP contribution in [0.1, 0.15) is 16.1 Å². The zero-order valence-electron chi connectivity index (χ0n) is 11.4. The first-order valence-corrected chi connectivity index (χ1v) is 6.47. The monoisotopic (exact) mass is 287 g/mol. The largest absolute Gasteiger partial charge is 0.395 e. The average molecular weight is 287 g/mol. The fourth-order valence-electron chi connectivity index (χ4n) is 1.85. The van der Waals surface area contributed by atoms with E-state index in [4.69, 9.17) is 10.9 Å². The summed E-state index contributed by atoms with van der Waals surface area (Å²) in [5, 5.41) is 9.14. The molecule has 0 aliphatic rings. The summed E-state index contributed by atoms with van der Waals surface area (Å²) in [7, 11) is 0. The number of carbonyl (C=O) groups is 1. The highest BCUT2D eigenvalue weighted by atomic mass is 16.3. The minimum Gasteiger partial charge on any atom is -0.395 e. The van der Waals surface area contributed by atoms with Crippen LogP contribution in [0.3, 0.4) is 0 Å². The van der Waals surface area contributed by atoms with Crippen LogP contribution in [-0.2, 0) is 6.54 Å². The van der Waals surface area contributed by atoms with Crippen molar-refractivity contribution in [2.75, 3.05) is 18.6 Å². The molecule has 1 amide bonds. The maximum absolute atomic E-state index is 12.4. The number of hydrogen-bond donors (Lipinski definition) is 3. The van der Waals surface area contributed by atoms with Crippen molar-refractivity contribution in [3.05, 3.63) is 54.0 Å². The lowest BCUT2D eigenvalue weighted by Crippen LogP contribution is -2.33. The molecule has 0 bridgehead atoms. The Balaban J connectivity index is 2.14. The molecule has 1 aromatic carbocycles. The first-order chi connectivity index (χ1) is 10.2. The molecule has 0 fully saturated rings. The Labute approximate surface area is 122 Å². The van der Waals surface area contributed by atoms with E-state index in [1.165, 1.54) is 17.3 Å². The van der Waals surface area contributed by atoms with Crippen molar-refractivity contribution < 1.29 is 9.90 Å². The Hall–Kier alpha value is -2.51. The zero-order valence-corrected chi connectivity index (χ0v) is 11.4. The fraction of sp³-hybridized carbons (Fsp3) is 0.214. The van der Waals surface area contributed by atoms with Crippen molar-refractivity contribution in [3.8, 4) is 0 Å². The summed E-state index contributed by atoms with van der Waals surface area (Å²) in [6, 6.07) is 9.55. The van der Waals surface area contributed by atoms with E-state index in [2.05, 4.69) is 15.4 Å². The van der Waals surface area contributed by atoms with Gasteiger partial charge in [0.05, 0.1) is 19.0 Å². The summed E-state index contributed by atoms with van der Waals surface area (Å²) in [5.41, 5.74) is 3.53. The first kappa shape index (κ1) is 14.9. The number of anilines is 1. The number of nitrogen functional groups attached to an aromatic ring is 1. The first-order valence-electron chi connectivity index (χ1n) is 6.47. The Morgan fingerprint density at radius 3 is 2.57 bits per heavy atom. The number of benzene rings is 1. The van der Waals surface area contributed by atoms with Gasteiger partial charge in [-0.25, -0.2) is 15.8 Å². The molecule has 0 saturated heterocycles. The van der Waals surface area contributed by atoms with E-state index in [1.807, 2.05) is 30.3 Å². The van der Waals surface area contributed by atoms with Gasteiger partial charge in [0.1, 0.15) is 5.69 Å². The van der Waals surface area contributed by atoms with Gasteiger partial charge in [-0.05, 0) is 5.56 Å². The van der Waals surface area contributed by atoms with Crippen LogP contribution in [-0.4, -0.2) is 39.0 Å². The van der Waals surface area contributed by atoms with E-state index in [0.717, 1.165) is 5.56 Å². The highest BCUT2D eigenvalue weighted by Gasteiger charge is 2.17. The van der Waals surface area contributed by atoms with Crippen LogP contribution in [0.4, 0.5) is 5.82 Å². The second-order valence-corrected chi connectivity index (χ2v) is 4.37. The van der Waals surface area contributed by atoms with Crippen molar-refractivity contribution in [2.45, 2.75) is 6.54 Å². The summed E-state index contributed by atoms with van der Waals surface area (Å²) >= 11 is 0. The van der Waals surface area contributed by atoms with Crippen LogP contribution in [0.2, 0.25) is 0 Å². The molecule has 0 radical (unpaired) electrons. The van der Waals surface area contributed by atoms with Gasteiger partial charge in [-0.1, -0.05) is 30.3 Å². The number of nitrogens with zero attached hydrogens (tertiary/aromatic N) is 3. The van der Waals surface area contributed by atoms with E-state index in [1.54, 1.807) is 0 Å². The van der Waals surface area contributed by atoms with Crippen LogP contribution in [0.5, 0.6) is 0 Å². The molecule has 0 spiro atoms. The second kappa shape index (κ2) is 7.32. The number of hydrazine groups is 1. The lowest BCUT2D eigenvalue weighted by molar-refractivity contribution is 0.0701. The highest BCUT2D eigenvalue weighted by Crippen LogP contribution is 2.09. The van der Waals surface area contributed by atoms with Crippen molar-refractivity contribution in [2.24, 2.45) is 5.84 Å². The Kier molecular flexibility index (Phi) is 5.19. The lowest BCUT2D eigenvalue weighted by atomic mass is 10.2. The molecule has 0 saturated carbocycles. The predicted molar refractivity (Wildman–Crippen MR) is 78.1 cm³/mol. The fourth-order valence-corrected chi connectivity index (χ4v) is 1.85. The van der Waals surface area contributed by atoms with E-state index < -0.39 is 0 Å². The molecule has 7 nitrogen and oxygen atoms in total. The van der Waals surface area contributed by atoms with Gasteiger partial charge < -0.3 is 15.4 Å². The van der Waals surface area contributed by atoms with Gasteiger partial charge in [0.15, 0.2) is 5.82 Å². The Morgan fingerprint density at radius 1 is 1.24 bits per heavy atom. The number of hydrogen-bond acceptors (Lipinski definition) is 6. The molecule has 0 unspecified atom stereocenters. The number of aliphatic hydroxyl groups is 1. The second-order valence-electron chi connectivity index (χ2n) is 4.37. The standard InChI is InChI=1S/C14H17N5O2/c15-18-13-9-16-12(8-17-13)14(21)19(6-7-20)10-11-4-2-1-3-5-11/h1-5,8-9,20H,6-7,10,15H2,(H,17,18). The van der Waals surface area contributed by atoms with Gasteiger partial charge in [-0.15, -0.1) is 0 Å². The Bertz CT molecular complexity index is 574. The summed E-state index contributed by atoms with van der Waals surface area (Å²) in [6.45, 7) is 0.513. The molecular weight excluding hydrogens is 270 g/mol. The maximum Gasteiger partial charge on any atom is 0.274 e. The van der Waals surface area contributed by atoms with Crippen molar-refractivity contribution in [1.29, 1.82) is 0 Å². The molecule has 2 aromatic rings. The van der Waals surface area contributed by atoms with Crippen LogP contribution in [0.15, 0.2) is 42.7 Å². The van der Waals surface area contributed by atoms with E-state index in [0.29, 0.717) is 12.4 Å². The molecule has 4 N–H and O–H groups in total. The van der Waals surface area contributed by atoms with Crippen molar-refractivity contribution >= 4 is 11.7 Å². The van der Waals surface area contributed by atoms with Crippen LogP contribution < -0.4 is 11.3 Å². The van der Waals surface area contributed by atoms with Crippen LogP contribution in [0.25, 0.3) is 0 Å². The number of rotatable bonds is 6. The molecule has 0 aliphatic heterocycles. The SMILES string of the molecule is NNc1cnc(C(=O)N(CCO)Cc2ccccc2)cn1. The lowest BCUT2D eigenvalue weighted by Gasteiger charge is -2.21. The molecule has 2 rings (SSSR count). The summed E-state index contributed by atoms with van der Waals surface area (Å²) in [4.78, 5) is 21.9. The number of aliphatic hydroxyl groups excluding tert-OH is 1. The Morgan fingerprint density at radius 2 is 2.00 bits per heavy atom. The molecule has 110 valence electrons. The van der Waals surface area contributed by atoms with E-state index >= 15 is 0 Å². The molecule has 1 heterocycles. The van der Waals surface area contributed by atoms with E-state index in [9.17, 15) is 4.79 Å². The number of nitrogens with one attached hydrogen (secondary N) is 1. The minimum atomic E-state index is -0.288. The zero-order chi connectivity index (χ0) is 15.1. The molecule has 0 atom stereocenters. The maximum atomic E-state index is 12.4. The minimum absolute atomic E-state index is 0.117. The van der Waals surface area contributed by atoms with E-state index in [-0.39, 0.29) is 24.8 Å². The smallest absolute Gasteiger partial charge is 0.274 e. The van der Waals surface area contributed by atoms with Crippen molar-refractivity contribution in [3.63, 3.8) is 0 Å². The molecule has 7 heteroatoms. The molecule has 0 aliphatic carbocycles. The summed E-state index contributed by atoms with van der Waals surface area (Å²) < 4.78 is 0. The van der Waals surface area contributed by atoms with Gasteiger partial charge >= 0.3 is 0 Å². The third kappa shape index (κ3) is 3.98. The molecule has 1 aromatic heterocycles. The third-order valence-corrected chi connectivity index (χ3v) is 2.89.